The molecule has 1 aromatic carbocycles. The Hall–Kier alpha value is -4.30. The number of ether oxygens (including phenoxy) is 1. The van der Waals surface area contributed by atoms with Crippen LogP contribution >= 0.6 is 0 Å². The molecule has 6 N–H and O–H groups in total. The van der Waals surface area contributed by atoms with Crippen molar-refractivity contribution in [2.24, 2.45) is 16.6 Å². The Labute approximate surface area is 203 Å². The number of nitrogens with two attached hydrogens (primary N) is 2. The fraction of sp³-hybridized carbons (Fsp3) is 0.381. The molecule has 0 fully saturated rings. The lowest BCUT2D eigenvalue weighted by molar-refractivity contribution is -0.190. The Morgan fingerprint density at radius 1 is 1.14 bits per heavy atom. The first-order valence-electron chi connectivity index (χ1n) is 10.6. The van der Waals surface area contributed by atoms with Gasteiger partial charge in [0.15, 0.2) is 5.82 Å². The maximum Gasteiger partial charge on any atom is 0.491 e. The van der Waals surface area contributed by atoms with E-state index in [9.17, 15) is 27.6 Å². The van der Waals surface area contributed by atoms with E-state index in [1.165, 1.54) is 6.92 Å². The number of aryl methyl sites for hydroxylation is 1. The van der Waals surface area contributed by atoms with E-state index < -0.39 is 36.0 Å². The number of nitrogens with one attached hydrogen (secondary N) is 2. The molecule has 2 aromatic rings. The molecular weight excluding hydrogens is 487 g/mol. The molecule has 0 unspecified atom stereocenters. The van der Waals surface area contributed by atoms with E-state index in [2.05, 4.69) is 25.5 Å². The van der Waals surface area contributed by atoms with Crippen LogP contribution in [0.15, 0.2) is 34.2 Å². The van der Waals surface area contributed by atoms with Crippen LogP contribution < -0.4 is 32.4 Å². The summed E-state index contributed by atoms with van der Waals surface area (Å²) in [5.74, 6) is -4.67. The van der Waals surface area contributed by atoms with E-state index in [0.717, 1.165) is 15.7 Å². The normalized spacial score (nSPS) is 10.9. The van der Waals surface area contributed by atoms with Gasteiger partial charge in [-0.1, -0.05) is 29.8 Å². The SMILES string of the molecule is Cc1ccc(CCNc2nc(OC(=O)C(F)(F)F)c(C)n(CC(=O)NCCON=C(N)N)c2=O)cc1. The summed E-state index contributed by atoms with van der Waals surface area (Å²) in [5, 5.41) is 8.43. The number of hydrogen-bond donors (Lipinski definition) is 4. The van der Waals surface area contributed by atoms with Crippen molar-refractivity contribution in [3.8, 4) is 5.88 Å². The fourth-order valence-electron chi connectivity index (χ4n) is 2.81. The number of hydrogen-bond acceptors (Lipinski definition) is 8. The minimum atomic E-state index is -5.29. The van der Waals surface area contributed by atoms with E-state index in [4.69, 9.17) is 16.3 Å². The predicted octanol–water partition coefficient (Wildman–Crippen LogP) is 0.304. The van der Waals surface area contributed by atoms with Gasteiger partial charge in [-0.3, -0.25) is 14.2 Å². The van der Waals surface area contributed by atoms with Gasteiger partial charge in [0.25, 0.3) is 5.56 Å². The molecule has 15 heteroatoms. The van der Waals surface area contributed by atoms with Gasteiger partial charge >= 0.3 is 12.1 Å². The summed E-state index contributed by atoms with van der Waals surface area (Å²) in [7, 11) is 0. The van der Waals surface area contributed by atoms with Gasteiger partial charge in [-0.05, 0) is 31.0 Å². The lowest BCUT2D eigenvalue weighted by Crippen LogP contribution is -2.37. The molecule has 0 radical (unpaired) electrons. The van der Waals surface area contributed by atoms with Gasteiger partial charge < -0.3 is 31.7 Å². The summed E-state index contributed by atoms with van der Waals surface area (Å²) in [4.78, 5) is 45.1. The van der Waals surface area contributed by atoms with Crippen LogP contribution in [-0.4, -0.2) is 53.3 Å². The quantitative estimate of drug-likeness (QED) is 0.108. The Kier molecular flexibility index (Phi) is 9.64. The molecule has 1 aromatic heterocycles. The van der Waals surface area contributed by atoms with Gasteiger partial charge in [0, 0.05) is 6.54 Å². The van der Waals surface area contributed by atoms with Crippen molar-refractivity contribution in [3.05, 3.63) is 51.4 Å². The number of oxime groups is 1. The monoisotopic (exact) mass is 513 g/mol. The van der Waals surface area contributed by atoms with Gasteiger partial charge in [0.05, 0.1) is 12.2 Å². The topological polar surface area (TPSA) is 176 Å². The molecule has 2 rings (SSSR count). The number of guanidine groups is 1. The van der Waals surface area contributed by atoms with Crippen molar-refractivity contribution in [1.82, 2.24) is 14.9 Å². The number of amides is 1. The Bertz CT molecular complexity index is 1160. The third-order valence-corrected chi connectivity index (χ3v) is 4.61. The largest absolute Gasteiger partial charge is 0.491 e. The van der Waals surface area contributed by atoms with Crippen LogP contribution in [0.5, 0.6) is 5.88 Å². The van der Waals surface area contributed by atoms with Crippen LogP contribution in [-0.2, 0) is 27.4 Å². The molecule has 196 valence electrons. The van der Waals surface area contributed by atoms with Gasteiger partial charge in [-0.25, -0.2) is 4.79 Å². The van der Waals surface area contributed by atoms with Crippen molar-refractivity contribution < 1.29 is 32.3 Å². The summed E-state index contributed by atoms with van der Waals surface area (Å²) >= 11 is 0. The van der Waals surface area contributed by atoms with Crippen LogP contribution in [0.1, 0.15) is 16.8 Å². The Morgan fingerprint density at radius 2 is 1.81 bits per heavy atom. The molecule has 36 heavy (non-hydrogen) atoms. The van der Waals surface area contributed by atoms with Crippen LogP contribution in [0.3, 0.4) is 0 Å². The van der Waals surface area contributed by atoms with Crippen molar-refractivity contribution >= 4 is 23.7 Å². The van der Waals surface area contributed by atoms with Crippen molar-refractivity contribution in [2.75, 3.05) is 25.0 Å². The van der Waals surface area contributed by atoms with Gasteiger partial charge in [-0.2, -0.15) is 18.2 Å². The number of halogens is 3. The number of nitrogens with zero attached hydrogens (tertiary/aromatic N) is 3. The average molecular weight is 513 g/mol. The highest BCUT2D eigenvalue weighted by molar-refractivity contribution is 5.78. The number of rotatable bonds is 11. The Balaban J connectivity index is 2.22. The third-order valence-electron chi connectivity index (χ3n) is 4.61. The number of carbonyl (C=O) groups excluding carboxylic acids is 2. The highest BCUT2D eigenvalue weighted by Gasteiger charge is 2.42. The molecule has 0 aliphatic carbocycles. The maximum absolute atomic E-state index is 12.9. The summed E-state index contributed by atoms with van der Waals surface area (Å²) in [5.41, 5.74) is 11.1. The van der Waals surface area contributed by atoms with E-state index in [1.807, 2.05) is 31.2 Å². The lowest BCUT2D eigenvalue weighted by atomic mass is 10.1. The molecule has 0 saturated carbocycles. The third kappa shape index (κ3) is 8.48. The number of carbonyl (C=O) groups is 2. The molecule has 0 atom stereocenters. The molecule has 0 saturated heterocycles. The number of benzene rings is 1. The Morgan fingerprint density at radius 3 is 2.42 bits per heavy atom. The zero-order valence-corrected chi connectivity index (χ0v) is 19.5. The first-order valence-corrected chi connectivity index (χ1v) is 10.6. The van der Waals surface area contributed by atoms with Crippen molar-refractivity contribution in [3.63, 3.8) is 0 Å². The first-order chi connectivity index (χ1) is 16.9. The average Bonchev–Trinajstić information content (AvgIpc) is 2.79. The van der Waals surface area contributed by atoms with Gasteiger partial charge in [0.1, 0.15) is 13.2 Å². The molecule has 0 aliphatic rings. The second-order valence-electron chi connectivity index (χ2n) is 7.49. The number of alkyl halides is 3. The maximum atomic E-state index is 12.9. The highest BCUT2D eigenvalue weighted by Crippen LogP contribution is 2.21. The highest BCUT2D eigenvalue weighted by atomic mass is 19.4. The standard InChI is InChI=1S/C21H26F3N7O5/c1-12-3-5-14(6-4-12)7-8-28-16-18(33)31(11-15(32)27-9-10-35-30-20(25)26)13(2)17(29-16)36-19(34)21(22,23)24/h3-6H,7-11H2,1-2H3,(H,27,32)(H,28,29)(H4,25,26,30). The molecule has 1 amide bonds. The fourth-order valence-corrected chi connectivity index (χ4v) is 2.81. The minimum absolute atomic E-state index is 0.0356. The van der Waals surface area contributed by atoms with Crippen molar-refractivity contribution in [2.45, 2.75) is 33.0 Å². The summed E-state index contributed by atoms with van der Waals surface area (Å²) in [6, 6.07) is 7.58. The number of aromatic nitrogens is 2. The van der Waals surface area contributed by atoms with E-state index in [1.54, 1.807) is 0 Å². The van der Waals surface area contributed by atoms with Crippen LogP contribution in [0.4, 0.5) is 19.0 Å². The van der Waals surface area contributed by atoms with E-state index in [-0.39, 0.29) is 37.2 Å². The van der Waals surface area contributed by atoms with Crippen LogP contribution in [0, 0.1) is 13.8 Å². The summed E-state index contributed by atoms with van der Waals surface area (Å²) < 4.78 is 43.4. The molecule has 0 aliphatic heterocycles. The zero-order valence-electron chi connectivity index (χ0n) is 19.5. The van der Waals surface area contributed by atoms with Crippen LogP contribution in [0.25, 0.3) is 0 Å². The number of anilines is 1. The molecule has 1 heterocycles. The summed E-state index contributed by atoms with van der Waals surface area (Å²) in [6.07, 6.45) is -4.83. The lowest BCUT2D eigenvalue weighted by Gasteiger charge is -2.16. The van der Waals surface area contributed by atoms with E-state index in [0.29, 0.717) is 6.42 Å². The predicted molar refractivity (Wildman–Crippen MR) is 123 cm³/mol. The van der Waals surface area contributed by atoms with Gasteiger partial charge in [-0.15, -0.1) is 0 Å². The molecular formula is C21H26F3N7O5. The molecule has 0 bridgehead atoms. The minimum Gasteiger partial charge on any atom is -0.399 e. The van der Waals surface area contributed by atoms with Gasteiger partial charge in [0.2, 0.25) is 17.7 Å². The second-order valence-corrected chi connectivity index (χ2v) is 7.49. The van der Waals surface area contributed by atoms with Crippen molar-refractivity contribution in [1.29, 1.82) is 0 Å². The first kappa shape index (κ1) is 27.9. The zero-order chi connectivity index (χ0) is 26.9. The molecule has 12 nitrogen and oxygen atoms in total. The smallest absolute Gasteiger partial charge is 0.399 e. The second kappa shape index (κ2) is 12.4. The molecule has 0 spiro atoms. The van der Waals surface area contributed by atoms with Crippen LogP contribution in [0.2, 0.25) is 0 Å². The van der Waals surface area contributed by atoms with E-state index >= 15 is 0 Å². The summed E-state index contributed by atoms with van der Waals surface area (Å²) in [6.45, 7) is 2.59. The number of esters is 1.